The normalized spacial score (nSPS) is 11.5. The van der Waals surface area contributed by atoms with E-state index in [0.29, 0.717) is 10.0 Å². The summed E-state index contributed by atoms with van der Waals surface area (Å²) >= 11 is 3.13. The Balaban J connectivity index is 1.87. The molecule has 0 atom stereocenters. The van der Waals surface area contributed by atoms with Crippen molar-refractivity contribution in [2.75, 3.05) is 11.9 Å². The van der Waals surface area contributed by atoms with Gasteiger partial charge >= 0.3 is 0 Å². The van der Waals surface area contributed by atoms with Crippen molar-refractivity contribution in [2.24, 2.45) is 0 Å². The van der Waals surface area contributed by atoms with Crippen molar-refractivity contribution in [3.63, 3.8) is 0 Å². The third kappa shape index (κ3) is 5.50. The molecular weight excluding hydrogens is 478 g/mol. The summed E-state index contributed by atoms with van der Waals surface area (Å²) in [6.45, 7) is -0.638. The van der Waals surface area contributed by atoms with Crippen LogP contribution < -0.4 is 5.32 Å². The Morgan fingerprint density at radius 2 is 1.63 bits per heavy atom. The van der Waals surface area contributed by atoms with E-state index < -0.39 is 34.1 Å². The lowest BCUT2D eigenvalue weighted by atomic mass is 10.2. The van der Waals surface area contributed by atoms with Crippen molar-refractivity contribution in [1.29, 1.82) is 0 Å². The number of anilines is 1. The van der Waals surface area contributed by atoms with E-state index in [0.717, 1.165) is 28.6 Å². The van der Waals surface area contributed by atoms with Crippen LogP contribution in [0.15, 0.2) is 82.2 Å². The Kier molecular flexibility index (Phi) is 6.96. The van der Waals surface area contributed by atoms with Crippen molar-refractivity contribution in [2.45, 2.75) is 11.4 Å². The summed E-state index contributed by atoms with van der Waals surface area (Å²) < 4.78 is 54.9. The van der Waals surface area contributed by atoms with E-state index in [1.807, 2.05) is 0 Å². The molecule has 0 radical (unpaired) electrons. The standard InChI is InChI=1S/C21H17BrF2N2O3S/c22-16-6-11-20(19(24)12-16)25-21(27)14-26(13-15-4-2-1-3-5-15)30(28,29)18-9-7-17(23)8-10-18/h1-12H,13-14H2,(H,25,27). The van der Waals surface area contributed by atoms with Crippen molar-refractivity contribution < 1.29 is 22.0 Å². The number of benzene rings is 3. The van der Waals surface area contributed by atoms with Gasteiger partial charge < -0.3 is 5.32 Å². The van der Waals surface area contributed by atoms with E-state index in [1.165, 1.54) is 12.1 Å². The fourth-order valence-electron chi connectivity index (χ4n) is 2.71. The van der Waals surface area contributed by atoms with Crippen molar-refractivity contribution >= 4 is 37.5 Å². The molecule has 5 nitrogen and oxygen atoms in total. The molecule has 3 rings (SSSR count). The van der Waals surface area contributed by atoms with E-state index in [-0.39, 0.29) is 17.1 Å². The highest BCUT2D eigenvalue weighted by Crippen LogP contribution is 2.21. The number of sulfonamides is 1. The lowest BCUT2D eigenvalue weighted by molar-refractivity contribution is -0.116. The lowest BCUT2D eigenvalue weighted by Crippen LogP contribution is -2.37. The number of hydrogen-bond acceptors (Lipinski definition) is 3. The van der Waals surface area contributed by atoms with Crippen molar-refractivity contribution in [1.82, 2.24) is 4.31 Å². The molecule has 3 aromatic rings. The van der Waals surface area contributed by atoms with E-state index in [9.17, 15) is 22.0 Å². The van der Waals surface area contributed by atoms with Gasteiger partial charge in [-0.25, -0.2) is 17.2 Å². The van der Waals surface area contributed by atoms with Gasteiger partial charge in [-0.2, -0.15) is 4.31 Å². The number of halogens is 3. The summed E-state index contributed by atoms with van der Waals surface area (Å²) in [5, 5.41) is 2.39. The van der Waals surface area contributed by atoms with Crippen LogP contribution >= 0.6 is 15.9 Å². The minimum Gasteiger partial charge on any atom is -0.322 e. The molecule has 0 aliphatic rings. The van der Waals surface area contributed by atoms with Gasteiger partial charge in [-0.1, -0.05) is 46.3 Å². The van der Waals surface area contributed by atoms with Gasteiger partial charge in [-0.05, 0) is 48.0 Å². The van der Waals surface area contributed by atoms with Gasteiger partial charge in [0, 0.05) is 11.0 Å². The molecule has 0 aliphatic heterocycles. The van der Waals surface area contributed by atoms with Gasteiger partial charge in [-0.3, -0.25) is 4.79 Å². The molecule has 0 bridgehead atoms. The number of hydrogen-bond donors (Lipinski definition) is 1. The Labute approximate surface area is 181 Å². The molecule has 30 heavy (non-hydrogen) atoms. The highest BCUT2D eigenvalue weighted by molar-refractivity contribution is 9.10. The molecule has 1 amide bonds. The van der Waals surface area contributed by atoms with Gasteiger partial charge in [0.25, 0.3) is 0 Å². The molecule has 156 valence electrons. The second-order valence-electron chi connectivity index (χ2n) is 6.38. The van der Waals surface area contributed by atoms with Crippen LogP contribution in [0.3, 0.4) is 0 Å². The zero-order valence-corrected chi connectivity index (χ0v) is 18.0. The summed E-state index contributed by atoms with van der Waals surface area (Å²) in [6, 6.07) is 17.2. The minimum absolute atomic E-state index is 0.0676. The van der Waals surface area contributed by atoms with Crippen LogP contribution in [0.1, 0.15) is 5.56 Å². The van der Waals surface area contributed by atoms with E-state index in [2.05, 4.69) is 21.2 Å². The first kappa shape index (κ1) is 22.1. The molecule has 0 fully saturated rings. The molecule has 0 aliphatic carbocycles. The van der Waals surface area contributed by atoms with E-state index >= 15 is 0 Å². The van der Waals surface area contributed by atoms with Crippen LogP contribution in [-0.2, 0) is 21.4 Å². The summed E-state index contributed by atoms with van der Waals surface area (Å²) in [6.07, 6.45) is 0. The molecule has 0 aromatic heterocycles. The Morgan fingerprint density at radius 3 is 2.27 bits per heavy atom. The third-order valence-electron chi connectivity index (χ3n) is 4.18. The van der Waals surface area contributed by atoms with Crippen LogP contribution in [0.25, 0.3) is 0 Å². The summed E-state index contributed by atoms with van der Waals surface area (Å²) in [7, 11) is -4.12. The fraction of sp³-hybridized carbons (Fsp3) is 0.0952. The van der Waals surface area contributed by atoms with Gasteiger partial charge in [0.1, 0.15) is 11.6 Å². The molecule has 1 N–H and O–H groups in total. The smallest absolute Gasteiger partial charge is 0.243 e. The quantitative estimate of drug-likeness (QED) is 0.523. The van der Waals surface area contributed by atoms with Crippen LogP contribution in [0, 0.1) is 11.6 Å². The predicted octanol–water partition coefficient (Wildman–Crippen LogP) is 4.56. The SMILES string of the molecule is O=C(CN(Cc1ccccc1)S(=O)(=O)c1ccc(F)cc1)Nc1ccc(Br)cc1F. The molecular formula is C21H17BrF2N2O3S. The average Bonchev–Trinajstić information content (AvgIpc) is 2.71. The number of carbonyl (C=O) groups is 1. The second-order valence-corrected chi connectivity index (χ2v) is 9.24. The Morgan fingerprint density at radius 1 is 0.967 bits per heavy atom. The summed E-state index contributed by atoms with van der Waals surface area (Å²) in [5.74, 6) is -1.95. The van der Waals surface area contributed by atoms with Crippen LogP contribution in [0.2, 0.25) is 0 Å². The second kappa shape index (κ2) is 9.46. The number of nitrogens with zero attached hydrogens (tertiary/aromatic N) is 1. The number of rotatable bonds is 7. The monoisotopic (exact) mass is 494 g/mol. The first-order chi connectivity index (χ1) is 14.3. The Hall–Kier alpha value is -2.62. The third-order valence-corrected chi connectivity index (χ3v) is 6.48. The zero-order valence-electron chi connectivity index (χ0n) is 15.6. The molecule has 3 aromatic carbocycles. The van der Waals surface area contributed by atoms with Crippen LogP contribution in [0.5, 0.6) is 0 Å². The van der Waals surface area contributed by atoms with Crippen LogP contribution in [-0.4, -0.2) is 25.2 Å². The Bertz CT molecular complexity index is 1140. The van der Waals surface area contributed by atoms with E-state index in [1.54, 1.807) is 36.4 Å². The average molecular weight is 495 g/mol. The predicted molar refractivity (Wildman–Crippen MR) is 113 cm³/mol. The topological polar surface area (TPSA) is 66.5 Å². The number of carbonyl (C=O) groups excluding carboxylic acids is 1. The molecule has 0 heterocycles. The van der Waals surface area contributed by atoms with Gasteiger partial charge in [0.15, 0.2) is 0 Å². The fourth-order valence-corrected chi connectivity index (χ4v) is 4.43. The maximum absolute atomic E-state index is 14.0. The molecule has 0 saturated heterocycles. The minimum atomic E-state index is -4.12. The van der Waals surface area contributed by atoms with E-state index in [4.69, 9.17) is 0 Å². The van der Waals surface area contributed by atoms with Gasteiger partial charge in [0.05, 0.1) is 17.1 Å². The number of nitrogens with one attached hydrogen (secondary N) is 1. The molecule has 9 heteroatoms. The maximum atomic E-state index is 14.0. The first-order valence-corrected chi connectivity index (χ1v) is 11.0. The highest BCUT2D eigenvalue weighted by atomic mass is 79.9. The number of amides is 1. The molecule has 0 saturated carbocycles. The van der Waals surface area contributed by atoms with Crippen molar-refractivity contribution in [3.05, 3.63) is 94.5 Å². The first-order valence-electron chi connectivity index (χ1n) is 8.80. The zero-order chi connectivity index (χ0) is 21.7. The highest BCUT2D eigenvalue weighted by Gasteiger charge is 2.27. The largest absolute Gasteiger partial charge is 0.322 e. The van der Waals surface area contributed by atoms with Crippen molar-refractivity contribution in [3.8, 4) is 0 Å². The summed E-state index contributed by atoms with van der Waals surface area (Å²) in [5.41, 5.74) is 0.591. The lowest BCUT2D eigenvalue weighted by Gasteiger charge is -2.22. The van der Waals surface area contributed by atoms with Crippen LogP contribution in [0.4, 0.5) is 14.5 Å². The molecule has 0 spiro atoms. The summed E-state index contributed by atoms with van der Waals surface area (Å²) in [4.78, 5) is 12.4. The van der Waals surface area contributed by atoms with Gasteiger partial charge in [-0.15, -0.1) is 0 Å². The molecule has 0 unspecified atom stereocenters. The van der Waals surface area contributed by atoms with Gasteiger partial charge in [0.2, 0.25) is 15.9 Å². The maximum Gasteiger partial charge on any atom is 0.243 e.